The Hall–Kier alpha value is -3.15. The van der Waals surface area contributed by atoms with Gasteiger partial charge in [0, 0.05) is 30.1 Å². The molecular formula is C21H21NO5. The number of carboxylic acids is 1. The van der Waals surface area contributed by atoms with E-state index in [0.717, 1.165) is 0 Å². The maximum atomic E-state index is 12.6. The van der Waals surface area contributed by atoms with Crippen LogP contribution in [0.15, 0.2) is 48.5 Å². The maximum absolute atomic E-state index is 12.6. The lowest BCUT2D eigenvalue weighted by Crippen LogP contribution is -2.40. The van der Waals surface area contributed by atoms with E-state index < -0.39 is 5.97 Å². The molecule has 1 aliphatic rings. The van der Waals surface area contributed by atoms with Crippen molar-refractivity contribution in [2.24, 2.45) is 5.92 Å². The van der Waals surface area contributed by atoms with Crippen LogP contribution in [0.1, 0.15) is 43.9 Å². The van der Waals surface area contributed by atoms with E-state index in [9.17, 15) is 14.4 Å². The van der Waals surface area contributed by atoms with Gasteiger partial charge >= 0.3 is 5.97 Å². The lowest BCUT2D eigenvalue weighted by molar-refractivity contribution is 0.0649. The van der Waals surface area contributed by atoms with Crippen LogP contribution in [-0.4, -0.2) is 47.9 Å². The molecule has 1 fully saturated rings. The normalized spacial score (nSPS) is 14.6. The van der Waals surface area contributed by atoms with Crippen molar-refractivity contribution in [3.05, 3.63) is 65.2 Å². The molecule has 0 saturated carbocycles. The first kappa shape index (κ1) is 18.6. The van der Waals surface area contributed by atoms with Gasteiger partial charge in [-0.05, 0) is 61.4 Å². The molecular weight excluding hydrogens is 346 g/mol. The lowest BCUT2D eigenvalue weighted by atomic mass is 9.88. The number of methoxy groups -OCH3 is 1. The number of amides is 1. The number of Topliss-reactive ketones (excluding diaryl/α,β-unsaturated/α-hetero) is 1. The highest BCUT2D eigenvalue weighted by Gasteiger charge is 2.28. The summed E-state index contributed by atoms with van der Waals surface area (Å²) in [5.74, 6) is -0.456. The summed E-state index contributed by atoms with van der Waals surface area (Å²) >= 11 is 0. The summed E-state index contributed by atoms with van der Waals surface area (Å²) in [6.45, 7) is 1.01. The smallest absolute Gasteiger partial charge is 0.335 e. The highest BCUT2D eigenvalue weighted by Crippen LogP contribution is 2.24. The molecule has 0 bridgehead atoms. The van der Waals surface area contributed by atoms with Crippen molar-refractivity contribution in [2.45, 2.75) is 12.8 Å². The van der Waals surface area contributed by atoms with Crippen LogP contribution in [0.2, 0.25) is 0 Å². The molecule has 27 heavy (non-hydrogen) atoms. The molecule has 3 rings (SSSR count). The molecule has 2 aromatic rings. The van der Waals surface area contributed by atoms with Crippen LogP contribution in [0.4, 0.5) is 0 Å². The second kappa shape index (κ2) is 8.03. The summed E-state index contributed by atoms with van der Waals surface area (Å²) in [4.78, 5) is 37.8. The molecule has 0 atom stereocenters. The molecule has 1 amide bonds. The quantitative estimate of drug-likeness (QED) is 0.821. The van der Waals surface area contributed by atoms with Gasteiger partial charge in [0.1, 0.15) is 5.75 Å². The number of rotatable bonds is 5. The van der Waals surface area contributed by atoms with Crippen molar-refractivity contribution >= 4 is 17.7 Å². The predicted octanol–water partition coefficient (Wildman–Crippen LogP) is 3.13. The van der Waals surface area contributed by atoms with Gasteiger partial charge in [-0.1, -0.05) is 0 Å². The fourth-order valence-electron chi connectivity index (χ4n) is 3.27. The Morgan fingerprint density at radius 3 is 1.93 bits per heavy atom. The van der Waals surface area contributed by atoms with Gasteiger partial charge in [0.15, 0.2) is 5.78 Å². The zero-order valence-corrected chi connectivity index (χ0v) is 15.1. The Labute approximate surface area is 157 Å². The molecule has 2 aromatic carbocycles. The third kappa shape index (κ3) is 4.16. The van der Waals surface area contributed by atoms with Crippen molar-refractivity contribution in [2.75, 3.05) is 20.2 Å². The van der Waals surface area contributed by atoms with E-state index in [4.69, 9.17) is 9.84 Å². The minimum absolute atomic E-state index is 0.0931. The Morgan fingerprint density at radius 2 is 1.41 bits per heavy atom. The Bertz CT molecular complexity index is 834. The third-order valence-corrected chi connectivity index (χ3v) is 4.91. The Kier molecular flexibility index (Phi) is 5.54. The van der Waals surface area contributed by atoms with Crippen molar-refractivity contribution in [3.63, 3.8) is 0 Å². The molecule has 1 saturated heterocycles. The van der Waals surface area contributed by atoms with Crippen LogP contribution in [-0.2, 0) is 0 Å². The largest absolute Gasteiger partial charge is 0.497 e. The van der Waals surface area contributed by atoms with Crippen molar-refractivity contribution in [1.29, 1.82) is 0 Å². The van der Waals surface area contributed by atoms with Gasteiger partial charge in [-0.15, -0.1) is 0 Å². The highest BCUT2D eigenvalue weighted by atomic mass is 16.5. The van der Waals surface area contributed by atoms with Crippen LogP contribution in [0.3, 0.4) is 0 Å². The molecule has 6 nitrogen and oxygen atoms in total. The molecule has 140 valence electrons. The number of aromatic carboxylic acids is 1. The van der Waals surface area contributed by atoms with Crippen LogP contribution >= 0.6 is 0 Å². The summed E-state index contributed by atoms with van der Waals surface area (Å²) in [5.41, 5.74) is 1.26. The molecule has 6 heteroatoms. The van der Waals surface area contributed by atoms with Gasteiger partial charge < -0.3 is 14.7 Å². The number of hydrogen-bond acceptors (Lipinski definition) is 4. The van der Waals surface area contributed by atoms with Gasteiger partial charge in [-0.3, -0.25) is 9.59 Å². The van der Waals surface area contributed by atoms with E-state index in [0.29, 0.717) is 42.8 Å². The van der Waals surface area contributed by atoms with Gasteiger partial charge in [-0.25, -0.2) is 4.79 Å². The van der Waals surface area contributed by atoms with Crippen molar-refractivity contribution < 1.29 is 24.2 Å². The first-order chi connectivity index (χ1) is 13.0. The van der Waals surface area contributed by atoms with E-state index >= 15 is 0 Å². The summed E-state index contributed by atoms with van der Waals surface area (Å²) in [6, 6.07) is 13.0. The number of likely N-dealkylation sites (tertiary alicyclic amines) is 1. The molecule has 1 heterocycles. The summed E-state index contributed by atoms with van der Waals surface area (Å²) in [7, 11) is 1.58. The molecule has 0 aromatic heterocycles. The number of hydrogen-bond donors (Lipinski definition) is 1. The van der Waals surface area contributed by atoms with Gasteiger partial charge in [0.05, 0.1) is 12.7 Å². The van der Waals surface area contributed by atoms with E-state index in [1.807, 2.05) is 0 Å². The second-order valence-corrected chi connectivity index (χ2v) is 6.54. The van der Waals surface area contributed by atoms with Crippen LogP contribution in [0.5, 0.6) is 5.75 Å². The SMILES string of the molecule is COc1ccc(C(=O)C2CCN(C(=O)c3ccc(C(=O)O)cc3)CC2)cc1. The first-order valence-electron chi connectivity index (χ1n) is 8.80. The highest BCUT2D eigenvalue weighted by molar-refractivity contribution is 5.99. The average Bonchev–Trinajstić information content (AvgIpc) is 2.73. The van der Waals surface area contributed by atoms with Gasteiger partial charge in [0.25, 0.3) is 5.91 Å². The molecule has 1 N–H and O–H groups in total. The number of nitrogens with zero attached hydrogens (tertiary/aromatic N) is 1. The standard InChI is InChI=1S/C21H21NO5/c1-27-18-8-6-14(7-9-18)19(23)15-10-12-22(13-11-15)20(24)16-2-4-17(5-3-16)21(25)26/h2-9,15H,10-13H2,1H3,(H,25,26). The summed E-state index contributed by atoms with van der Waals surface area (Å²) < 4.78 is 5.11. The topological polar surface area (TPSA) is 83.9 Å². The Morgan fingerprint density at radius 1 is 0.889 bits per heavy atom. The van der Waals surface area contributed by atoms with Crippen molar-refractivity contribution in [1.82, 2.24) is 4.90 Å². The third-order valence-electron chi connectivity index (χ3n) is 4.91. The Balaban J connectivity index is 1.59. The van der Waals surface area contributed by atoms with Crippen molar-refractivity contribution in [3.8, 4) is 5.75 Å². The molecule has 0 radical (unpaired) electrons. The number of ether oxygens (including phenoxy) is 1. The number of ketones is 1. The molecule has 0 unspecified atom stereocenters. The molecule has 1 aliphatic heterocycles. The number of carbonyl (C=O) groups excluding carboxylic acids is 2. The molecule has 0 aliphatic carbocycles. The number of carboxylic acid groups (broad SMARTS) is 1. The number of benzene rings is 2. The summed E-state index contributed by atoms with van der Waals surface area (Å²) in [6.07, 6.45) is 1.23. The van der Waals surface area contributed by atoms with Gasteiger partial charge in [0.2, 0.25) is 0 Å². The van der Waals surface area contributed by atoms with Crippen LogP contribution in [0.25, 0.3) is 0 Å². The zero-order valence-electron chi connectivity index (χ0n) is 15.1. The number of carbonyl (C=O) groups is 3. The summed E-state index contributed by atoms with van der Waals surface area (Å²) in [5, 5.41) is 8.93. The monoisotopic (exact) mass is 367 g/mol. The average molecular weight is 367 g/mol. The minimum atomic E-state index is -1.02. The van der Waals surface area contributed by atoms with Gasteiger partial charge in [-0.2, -0.15) is 0 Å². The number of piperidine rings is 1. The molecule has 0 spiro atoms. The van der Waals surface area contributed by atoms with Crippen LogP contribution in [0, 0.1) is 5.92 Å². The maximum Gasteiger partial charge on any atom is 0.335 e. The first-order valence-corrected chi connectivity index (χ1v) is 8.80. The predicted molar refractivity (Wildman–Crippen MR) is 99.4 cm³/mol. The fraction of sp³-hybridized carbons (Fsp3) is 0.286. The van der Waals surface area contributed by atoms with E-state index in [-0.39, 0.29) is 23.2 Å². The van der Waals surface area contributed by atoms with E-state index in [2.05, 4.69) is 0 Å². The lowest BCUT2D eigenvalue weighted by Gasteiger charge is -2.31. The second-order valence-electron chi connectivity index (χ2n) is 6.54. The zero-order chi connectivity index (χ0) is 19.4. The fourth-order valence-corrected chi connectivity index (χ4v) is 3.27. The van der Waals surface area contributed by atoms with E-state index in [1.54, 1.807) is 36.3 Å². The van der Waals surface area contributed by atoms with Crippen LogP contribution < -0.4 is 4.74 Å². The van der Waals surface area contributed by atoms with E-state index in [1.165, 1.54) is 24.3 Å². The minimum Gasteiger partial charge on any atom is -0.497 e.